The van der Waals surface area contributed by atoms with Crippen molar-refractivity contribution in [2.75, 3.05) is 39.8 Å². The van der Waals surface area contributed by atoms with Crippen LogP contribution in [0.3, 0.4) is 0 Å². The van der Waals surface area contributed by atoms with Crippen LogP contribution >= 0.6 is 0 Å². The average Bonchev–Trinajstić information content (AvgIpc) is 2.91. The molecule has 0 aromatic heterocycles. The molecular weight excluding hydrogens is 266 g/mol. The summed E-state index contributed by atoms with van der Waals surface area (Å²) in [6, 6.07) is 8.95. The second-order valence-corrected chi connectivity index (χ2v) is 5.68. The molecule has 0 spiro atoms. The van der Waals surface area contributed by atoms with Gasteiger partial charge in [0.05, 0.1) is 11.6 Å². The molecule has 0 bridgehead atoms. The van der Waals surface area contributed by atoms with E-state index in [1.165, 1.54) is 6.42 Å². The minimum absolute atomic E-state index is 0.253. The van der Waals surface area contributed by atoms with Crippen molar-refractivity contribution in [1.29, 1.82) is 5.26 Å². The summed E-state index contributed by atoms with van der Waals surface area (Å²) in [5.74, 6) is 1.35. The first-order valence-corrected chi connectivity index (χ1v) is 7.37. The normalized spacial score (nSPS) is 20.1. The Balaban J connectivity index is 1.60. The van der Waals surface area contributed by atoms with Gasteiger partial charge in [-0.2, -0.15) is 5.26 Å². The maximum Gasteiger partial charge on any atom is 0.119 e. The standard InChI is InChI=1S/C16H23N3O2/c1-19-7-6-14(11-19)9-18-10-15(20)12-21-16-4-2-13(8-17)3-5-16/h2-5,14-15,18,20H,6-7,9-12H2,1H3. The van der Waals surface area contributed by atoms with Gasteiger partial charge in [-0.15, -0.1) is 0 Å². The SMILES string of the molecule is CN1CCC(CNCC(O)COc2ccc(C#N)cc2)C1. The van der Waals surface area contributed by atoms with Crippen LogP contribution in [0.5, 0.6) is 5.75 Å². The van der Waals surface area contributed by atoms with E-state index in [4.69, 9.17) is 10.00 Å². The van der Waals surface area contributed by atoms with E-state index < -0.39 is 6.10 Å². The lowest BCUT2D eigenvalue weighted by Crippen LogP contribution is -2.34. The molecule has 114 valence electrons. The number of aliphatic hydroxyl groups excluding tert-OH is 1. The summed E-state index contributed by atoms with van der Waals surface area (Å²) in [4.78, 5) is 2.33. The number of ether oxygens (including phenoxy) is 1. The Morgan fingerprint density at radius 1 is 1.48 bits per heavy atom. The minimum atomic E-state index is -0.528. The Kier molecular flexibility index (Phi) is 6.00. The molecule has 0 aliphatic carbocycles. The third kappa shape index (κ3) is 5.35. The lowest BCUT2D eigenvalue weighted by atomic mass is 10.1. The van der Waals surface area contributed by atoms with Gasteiger partial charge in [-0.05, 0) is 56.7 Å². The fraction of sp³-hybridized carbons (Fsp3) is 0.562. The van der Waals surface area contributed by atoms with E-state index in [9.17, 15) is 5.11 Å². The van der Waals surface area contributed by atoms with E-state index >= 15 is 0 Å². The molecule has 2 atom stereocenters. The maximum absolute atomic E-state index is 9.89. The maximum atomic E-state index is 9.89. The van der Waals surface area contributed by atoms with Crippen LogP contribution < -0.4 is 10.1 Å². The molecule has 0 amide bonds. The summed E-state index contributed by atoms with van der Waals surface area (Å²) >= 11 is 0. The van der Waals surface area contributed by atoms with Crippen LogP contribution in [0.25, 0.3) is 0 Å². The topological polar surface area (TPSA) is 68.5 Å². The van der Waals surface area contributed by atoms with Crippen molar-refractivity contribution in [3.8, 4) is 11.8 Å². The first kappa shape index (κ1) is 15.8. The van der Waals surface area contributed by atoms with Gasteiger partial charge in [0, 0.05) is 13.1 Å². The van der Waals surface area contributed by atoms with Crippen molar-refractivity contribution in [2.24, 2.45) is 5.92 Å². The second kappa shape index (κ2) is 7.99. The van der Waals surface area contributed by atoms with Gasteiger partial charge >= 0.3 is 0 Å². The smallest absolute Gasteiger partial charge is 0.119 e. The summed E-state index contributed by atoms with van der Waals surface area (Å²) in [6.07, 6.45) is 0.696. The molecule has 1 aromatic rings. The molecule has 2 N–H and O–H groups in total. The molecular formula is C16H23N3O2. The van der Waals surface area contributed by atoms with Gasteiger partial charge in [0.25, 0.3) is 0 Å². The van der Waals surface area contributed by atoms with Crippen molar-refractivity contribution >= 4 is 0 Å². The number of hydrogen-bond acceptors (Lipinski definition) is 5. The molecule has 0 saturated carbocycles. The molecule has 1 aliphatic heterocycles. The molecule has 21 heavy (non-hydrogen) atoms. The number of nitriles is 1. The number of rotatable bonds is 7. The quantitative estimate of drug-likeness (QED) is 0.778. The highest BCUT2D eigenvalue weighted by atomic mass is 16.5. The zero-order valence-corrected chi connectivity index (χ0v) is 12.5. The fourth-order valence-electron chi connectivity index (χ4n) is 2.52. The van der Waals surface area contributed by atoms with Crippen LogP contribution in [0.15, 0.2) is 24.3 Å². The van der Waals surface area contributed by atoms with Crippen molar-refractivity contribution in [2.45, 2.75) is 12.5 Å². The van der Waals surface area contributed by atoms with Crippen LogP contribution in [-0.4, -0.2) is 55.9 Å². The highest BCUT2D eigenvalue weighted by Gasteiger charge is 2.19. The molecule has 1 fully saturated rings. The van der Waals surface area contributed by atoms with Crippen molar-refractivity contribution in [3.63, 3.8) is 0 Å². The molecule has 2 rings (SSSR count). The number of nitrogens with zero attached hydrogens (tertiary/aromatic N) is 2. The van der Waals surface area contributed by atoms with Crippen LogP contribution in [-0.2, 0) is 0 Å². The predicted molar refractivity (Wildman–Crippen MR) is 81.1 cm³/mol. The Hall–Kier alpha value is -1.61. The minimum Gasteiger partial charge on any atom is -0.491 e. The van der Waals surface area contributed by atoms with Gasteiger partial charge in [-0.3, -0.25) is 0 Å². The first-order chi connectivity index (χ1) is 10.2. The summed E-state index contributed by atoms with van der Waals surface area (Å²) < 4.78 is 5.50. The Morgan fingerprint density at radius 3 is 2.86 bits per heavy atom. The van der Waals surface area contributed by atoms with E-state index in [-0.39, 0.29) is 6.61 Å². The number of likely N-dealkylation sites (tertiary alicyclic amines) is 1. The first-order valence-electron chi connectivity index (χ1n) is 7.37. The van der Waals surface area contributed by atoms with Crippen LogP contribution in [0.4, 0.5) is 0 Å². The predicted octanol–water partition coefficient (Wildman–Crippen LogP) is 0.839. The molecule has 1 saturated heterocycles. The highest BCUT2D eigenvalue weighted by Crippen LogP contribution is 2.13. The van der Waals surface area contributed by atoms with Crippen LogP contribution in [0.1, 0.15) is 12.0 Å². The lowest BCUT2D eigenvalue weighted by molar-refractivity contribution is 0.105. The Labute approximate surface area is 126 Å². The van der Waals surface area contributed by atoms with Crippen molar-refractivity contribution < 1.29 is 9.84 Å². The van der Waals surface area contributed by atoms with Gasteiger partial charge in [0.15, 0.2) is 0 Å². The van der Waals surface area contributed by atoms with Gasteiger partial charge in [0.2, 0.25) is 0 Å². The van der Waals surface area contributed by atoms with E-state index in [0.717, 1.165) is 19.6 Å². The van der Waals surface area contributed by atoms with E-state index in [0.29, 0.717) is 23.8 Å². The van der Waals surface area contributed by atoms with Crippen molar-refractivity contribution in [3.05, 3.63) is 29.8 Å². The average molecular weight is 289 g/mol. The zero-order valence-electron chi connectivity index (χ0n) is 12.5. The van der Waals surface area contributed by atoms with E-state index in [1.807, 2.05) is 0 Å². The molecule has 5 nitrogen and oxygen atoms in total. The molecule has 5 heteroatoms. The van der Waals surface area contributed by atoms with Gasteiger partial charge in [-0.25, -0.2) is 0 Å². The zero-order chi connectivity index (χ0) is 15.1. The number of benzene rings is 1. The van der Waals surface area contributed by atoms with Gasteiger partial charge in [0.1, 0.15) is 18.5 Å². The molecule has 1 heterocycles. The number of nitrogens with one attached hydrogen (secondary N) is 1. The fourth-order valence-corrected chi connectivity index (χ4v) is 2.52. The lowest BCUT2D eigenvalue weighted by Gasteiger charge is -2.15. The summed E-state index contributed by atoms with van der Waals surface area (Å²) in [5, 5.41) is 21.9. The summed E-state index contributed by atoms with van der Waals surface area (Å²) in [6.45, 7) is 4.03. The monoisotopic (exact) mass is 289 g/mol. The largest absolute Gasteiger partial charge is 0.491 e. The molecule has 1 aliphatic rings. The third-order valence-electron chi connectivity index (χ3n) is 3.73. The number of aliphatic hydroxyl groups is 1. The Morgan fingerprint density at radius 2 is 2.24 bits per heavy atom. The highest BCUT2D eigenvalue weighted by molar-refractivity contribution is 5.34. The summed E-state index contributed by atoms with van der Waals surface area (Å²) in [5.41, 5.74) is 0.603. The van der Waals surface area contributed by atoms with Crippen molar-refractivity contribution in [1.82, 2.24) is 10.2 Å². The van der Waals surface area contributed by atoms with E-state index in [2.05, 4.69) is 23.3 Å². The summed E-state index contributed by atoms with van der Waals surface area (Å²) in [7, 11) is 2.14. The van der Waals surface area contributed by atoms with Crippen LogP contribution in [0.2, 0.25) is 0 Å². The van der Waals surface area contributed by atoms with Crippen LogP contribution in [0, 0.1) is 17.2 Å². The Bertz CT molecular complexity index is 469. The number of hydrogen-bond donors (Lipinski definition) is 2. The van der Waals surface area contributed by atoms with Gasteiger partial charge in [-0.1, -0.05) is 0 Å². The molecule has 2 unspecified atom stereocenters. The third-order valence-corrected chi connectivity index (χ3v) is 3.73. The molecule has 0 radical (unpaired) electrons. The van der Waals surface area contributed by atoms with Gasteiger partial charge < -0.3 is 20.1 Å². The van der Waals surface area contributed by atoms with E-state index in [1.54, 1.807) is 24.3 Å². The molecule has 1 aromatic carbocycles. The second-order valence-electron chi connectivity index (χ2n) is 5.68.